The van der Waals surface area contributed by atoms with Crippen LogP contribution in [0.5, 0.6) is 5.88 Å². The lowest BCUT2D eigenvalue weighted by molar-refractivity contribution is 0.407. The van der Waals surface area contributed by atoms with E-state index in [1.54, 1.807) is 29.7 Å². The Labute approximate surface area is 152 Å². The van der Waals surface area contributed by atoms with Gasteiger partial charge in [-0.05, 0) is 51.0 Å². The van der Waals surface area contributed by atoms with Gasteiger partial charge in [0.1, 0.15) is 0 Å². The number of hydrogen-bond donors (Lipinski definition) is 1. The molecule has 0 amide bonds. The molecule has 0 saturated carbocycles. The van der Waals surface area contributed by atoms with Crippen LogP contribution in [0.15, 0.2) is 57.0 Å². The highest BCUT2D eigenvalue weighted by atomic mass is 32.2. The molecule has 0 aliphatic rings. The number of aromatic nitrogens is 1. The topological polar surface area (TPSA) is 84.0 Å². The molecular weight excluding hydrogens is 350 g/mol. The molecule has 1 aromatic heterocycles. The van der Waals surface area contributed by atoms with Crippen molar-refractivity contribution < 1.29 is 13.5 Å². The van der Waals surface area contributed by atoms with E-state index in [1.165, 1.54) is 0 Å². The molecule has 6 nitrogen and oxygen atoms in total. The first-order chi connectivity index (χ1) is 12.2. The molecule has 1 heterocycles. The van der Waals surface area contributed by atoms with Gasteiger partial charge < -0.3 is 9.67 Å². The summed E-state index contributed by atoms with van der Waals surface area (Å²) in [5, 5.41) is 15.1. The Morgan fingerprint density at radius 1 is 1.08 bits per heavy atom. The number of fused-ring (bicyclic) bond motifs is 1. The van der Waals surface area contributed by atoms with Gasteiger partial charge in [0.15, 0.2) is 5.69 Å². The van der Waals surface area contributed by atoms with Crippen LogP contribution in [0.3, 0.4) is 0 Å². The normalized spacial score (nSPS) is 12.5. The van der Waals surface area contributed by atoms with Crippen molar-refractivity contribution in [2.45, 2.75) is 38.6 Å². The van der Waals surface area contributed by atoms with Crippen LogP contribution in [-0.4, -0.2) is 18.1 Å². The van der Waals surface area contributed by atoms with Crippen molar-refractivity contribution in [3.63, 3.8) is 0 Å². The van der Waals surface area contributed by atoms with E-state index < -0.39 is 10.0 Å². The van der Waals surface area contributed by atoms with Gasteiger partial charge in [0.25, 0.3) is 10.0 Å². The summed E-state index contributed by atoms with van der Waals surface area (Å²) >= 11 is 0. The Morgan fingerprint density at radius 3 is 2.46 bits per heavy atom. The average molecular weight is 371 g/mol. The number of hydrogen-bond acceptors (Lipinski definition) is 4. The quantitative estimate of drug-likeness (QED) is 0.654. The maximum Gasteiger partial charge on any atom is 0.300 e. The second-order valence-corrected chi connectivity index (χ2v) is 8.13. The van der Waals surface area contributed by atoms with Crippen LogP contribution in [0.1, 0.15) is 31.0 Å². The summed E-state index contributed by atoms with van der Waals surface area (Å²) in [5.41, 5.74) is 2.35. The van der Waals surface area contributed by atoms with E-state index in [2.05, 4.69) is 9.63 Å². The van der Waals surface area contributed by atoms with Crippen molar-refractivity contribution >= 4 is 26.6 Å². The van der Waals surface area contributed by atoms with Crippen molar-refractivity contribution in [3.8, 4) is 5.88 Å². The van der Waals surface area contributed by atoms with E-state index in [-0.39, 0.29) is 22.5 Å². The van der Waals surface area contributed by atoms with Crippen LogP contribution in [0.25, 0.3) is 10.9 Å². The highest BCUT2D eigenvalue weighted by Crippen LogP contribution is 2.41. The fraction of sp³-hybridized carbons (Fsp3) is 0.263. The summed E-state index contributed by atoms with van der Waals surface area (Å²) < 4.78 is 30.5. The summed E-state index contributed by atoms with van der Waals surface area (Å²) in [6.45, 7) is 7.39. The minimum atomic E-state index is -3.97. The van der Waals surface area contributed by atoms with Crippen molar-refractivity contribution in [2.75, 3.05) is 0 Å². The number of aryl methyl sites for hydroxylation is 2. The molecule has 0 atom stereocenters. The van der Waals surface area contributed by atoms with Gasteiger partial charge in [-0.2, -0.15) is 8.42 Å². The molecule has 0 spiro atoms. The minimum absolute atomic E-state index is 0.0144. The number of aromatic hydroxyl groups is 1. The van der Waals surface area contributed by atoms with Crippen LogP contribution < -0.4 is 0 Å². The van der Waals surface area contributed by atoms with Gasteiger partial charge in [-0.25, -0.2) is 0 Å². The van der Waals surface area contributed by atoms with Crippen LogP contribution in [0.4, 0.5) is 5.69 Å². The molecule has 0 radical (unpaired) electrons. The maximum absolute atomic E-state index is 12.6. The predicted molar refractivity (Wildman–Crippen MR) is 102 cm³/mol. The van der Waals surface area contributed by atoms with E-state index in [4.69, 9.17) is 0 Å². The van der Waals surface area contributed by atoms with E-state index in [1.807, 2.05) is 45.0 Å². The van der Waals surface area contributed by atoms with E-state index in [0.717, 1.165) is 11.1 Å². The summed E-state index contributed by atoms with van der Waals surface area (Å²) in [5.74, 6) is -0.0962. The van der Waals surface area contributed by atoms with Crippen LogP contribution in [0.2, 0.25) is 0 Å². The van der Waals surface area contributed by atoms with Gasteiger partial charge in [0.05, 0.1) is 10.4 Å². The molecule has 136 valence electrons. The van der Waals surface area contributed by atoms with E-state index in [0.29, 0.717) is 10.9 Å². The number of nitrogens with zero attached hydrogens (tertiary/aromatic N) is 3. The van der Waals surface area contributed by atoms with Crippen LogP contribution in [0, 0.1) is 13.8 Å². The molecule has 0 unspecified atom stereocenters. The number of para-hydroxylation sites is 1. The lowest BCUT2D eigenvalue weighted by Gasteiger charge is -2.10. The predicted octanol–water partition coefficient (Wildman–Crippen LogP) is 5.02. The van der Waals surface area contributed by atoms with Gasteiger partial charge in [-0.15, -0.1) is 5.11 Å². The largest absolute Gasteiger partial charge is 0.493 e. The van der Waals surface area contributed by atoms with Gasteiger partial charge in [0.2, 0.25) is 5.88 Å². The molecule has 0 fully saturated rings. The highest BCUT2D eigenvalue weighted by molar-refractivity contribution is 7.90. The first-order valence-electron chi connectivity index (χ1n) is 8.29. The van der Waals surface area contributed by atoms with Gasteiger partial charge in [0, 0.05) is 11.4 Å². The number of benzene rings is 2. The smallest absolute Gasteiger partial charge is 0.300 e. The zero-order chi connectivity index (χ0) is 19.1. The third-order valence-electron chi connectivity index (χ3n) is 4.24. The molecule has 3 aromatic rings. The van der Waals surface area contributed by atoms with Gasteiger partial charge in [-0.3, -0.25) is 0 Å². The lowest BCUT2D eigenvalue weighted by atomic mass is 10.2. The average Bonchev–Trinajstić information content (AvgIpc) is 2.86. The summed E-state index contributed by atoms with van der Waals surface area (Å²) in [4.78, 5) is 0.119. The zero-order valence-electron chi connectivity index (χ0n) is 15.1. The molecule has 0 aliphatic heterocycles. The second kappa shape index (κ2) is 6.57. The standard InChI is InChI=1S/C19H21N3O3S/c1-12(2)22-16-8-6-5-7-15(16)18(19(22)23)20-21-26(24,25)17-11-13(3)9-10-14(17)4/h5-12,23H,1-4H3. The fourth-order valence-electron chi connectivity index (χ4n) is 2.98. The number of rotatable bonds is 4. The molecular formula is C19H21N3O3S. The van der Waals surface area contributed by atoms with Crippen molar-refractivity contribution in [1.29, 1.82) is 0 Å². The molecule has 0 saturated heterocycles. The molecule has 0 aliphatic carbocycles. The Kier molecular flexibility index (Phi) is 4.58. The first kappa shape index (κ1) is 18.1. The first-order valence-corrected chi connectivity index (χ1v) is 9.73. The zero-order valence-corrected chi connectivity index (χ0v) is 15.9. The van der Waals surface area contributed by atoms with Crippen molar-refractivity contribution in [3.05, 3.63) is 53.6 Å². The van der Waals surface area contributed by atoms with E-state index in [9.17, 15) is 13.5 Å². The summed E-state index contributed by atoms with van der Waals surface area (Å²) in [6.07, 6.45) is 0. The SMILES string of the molecule is Cc1ccc(C)c(S(=O)(=O)N=Nc2c(O)n(C(C)C)c3ccccc23)c1. The van der Waals surface area contributed by atoms with Crippen molar-refractivity contribution in [2.24, 2.45) is 9.63 Å². The Morgan fingerprint density at radius 2 is 1.77 bits per heavy atom. The van der Waals surface area contributed by atoms with E-state index >= 15 is 0 Å². The molecule has 1 N–H and O–H groups in total. The third-order valence-corrected chi connectivity index (χ3v) is 5.54. The molecule has 0 bridgehead atoms. The highest BCUT2D eigenvalue weighted by Gasteiger charge is 2.20. The van der Waals surface area contributed by atoms with Crippen LogP contribution in [-0.2, 0) is 10.0 Å². The second-order valence-electron chi connectivity index (χ2n) is 6.58. The summed E-state index contributed by atoms with van der Waals surface area (Å²) in [6, 6.07) is 12.4. The lowest BCUT2D eigenvalue weighted by Crippen LogP contribution is -1.99. The molecule has 26 heavy (non-hydrogen) atoms. The fourth-order valence-corrected chi connectivity index (χ4v) is 4.06. The number of sulfonamides is 1. The molecule has 2 aromatic carbocycles. The van der Waals surface area contributed by atoms with Gasteiger partial charge in [-0.1, -0.05) is 34.9 Å². The minimum Gasteiger partial charge on any atom is -0.493 e. The van der Waals surface area contributed by atoms with Gasteiger partial charge >= 0.3 is 0 Å². The third kappa shape index (κ3) is 3.10. The maximum atomic E-state index is 12.6. The monoisotopic (exact) mass is 371 g/mol. The Bertz CT molecular complexity index is 1110. The molecule has 3 rings (SSSR count). The molecule has 7 heteroatoms. The Balaban J connectivity index is 2.14. The van der Waals surface area contributed by atoms with Crippen LogP contribution >= 0.6 is 0 Å². The summed E-state index contributed by atoms with van der Waals surface area (Å²) in [7, 11) is -3.97. The van der Waals surface area contributed by atoms with Crippen molar-refractivity contribution in [1.82, 2.24) is 4.57 Å². The Hall–Kier alpha value is -2.67.